The minimum atomic E-state index is 0.283. The first-order valence-corrected chi connectivity index (χ1v) is 6.18. The van der Waals surface area contributed by atoms with Crippen LogP contribution in [0.3, 0.4) is 0 Å². The first-order chi connectivity index (χ1) is 8.65. The highest BCUT2D eigenvalue weighted by molar-refractivity contribution is 6.18. The van der Waals surface area contributed by atoms with E-state index in [1.54, 1.807) is 33.5 Å². The molecule has 0 aromatic heterocycles. The summed E-state index contributed by atoms with van der Waals surface area (Å²) in [4.78, 5) is 0. The SMILES string of the molecule is COc1cc(OCC(C)CCl)cc(OC)c1OC. The summed E-state index contributed by atoms with van der Waals surface area (Å²) in [6.07, 6.45) is 0. The van der Waals surface area contributed by atoms with Crippen LogP contribution < -0.4 is 18.9 Å². The van der Waals surface area contributed by atoms with Crippen molar-refractivity contribution >= 4 is 11.6 Å². The lowest BCUT2D eigenvalue weighted by atomic mass is 10.2. The van der Waals surface area contributed by atoms with Crippen molar-refractivity contribution in [2.24, 2.45) is 5.92 Å². The Labute approximate surface area is 113 Å². The van der Waals surface area contributed by atoms with Crippen molar-refractivity contribution in [2.45, 2.75) is 6.92 Å². The minimum Gasteiger partial charge on any atom is -0.493 e. The predicted octanol–water partition coefficient (Wildman–Crippen LogP) is 2.97. The van der Waals surface area contributed by atoms with Crippen LogP contribution in [0.25, 0.3) is 0 Å². The molecule has 1 atom stereocenters. The monoisotopic (exact) mass is 274 g/mol. The minimum absolute atomic E-state index is 0.283. The smallest absolute Gasteiger partial charge is 0.203 e. The van der Waals surface area contributed by atoms with Gasteiger partial charge in [-0.1, -0.05) is 6.92 Å². The largest absolute Gasteiger partial charge is 0.493 e. The molecule has 1 unspecified atom stereocenters. The number of halogens is 1. The van der Waals surface area contributed by atoms with E-state index < -0.39 is 0 Å². The Bertz CT molecular complexity index is 356. The highest BCUT2D eigenvalue weighted by atomic mass is 35.5. The first-order valence-electron chi connectivity index (χ1n) is 5.65. The van der Waals surface area contributed by atoms with Crippen LogP contribution in [0.4, 0.5) is 0 Å². The van der Waals surface area contributed by atoms with E-state index >= 15 is 0 Å². The van der Waals surface area contributed by atoms with Gasteiger partial charge in [0.1, 0.15) is 5.75 Å². The summed E-state index contributed by atoms with van der Waals surface area (Å²) in [5.74, 6) is 3.21. The van der Waals surface area contributed by atoms with E-state index in [0.717, 1.165) is 0 Å². The molecular weight excluding hydrogens is 256 g/mol. The number of methoxy groups -OCH3 is 3. The molecule has 0 heterocycles. The lowest BCUT2D eigenvalue weighted by molar-refractivity contribution is 0.266. The Morgan fingerprint density at radius 3 is 2.00 bits per heavy atom. The number of ether oxygens (including phenoxy) is 4. The van der Waals surface area contributed by atoms with E-state index in [9.17, 15) is 0 Å². The van der Waals surface area contributed by atoms with Gasteiger partial charge in [0.15, 0.2) is 11.5 Å². The molecule has 0 saturated carbocycles. The zero-order valence-electron chi connectivity index (χ0n) is 11.2. The van der Waals surface area contributed by atoms with Crippen LogP contribution in [0.1, 0.15) is 6.92 Å². The zero-order valence-corrected chi connectivity index (χ0v) is 11.9. The summed E-state index contributed by atoms with van der Waals surface area (Å²) in [5, 5.41) is 0. The Morgan fingerprint density at radius 1 is 1.06 bits per heavy atom. The highest BCUT2D eigenvalue weighted by Crippen LogP contribution is 2.40. The van der Waals surface area contributed by atoms with Crippen LogP contribution in [0.2, 0.25) is 0 Å². The summed E-state index contributed by atoms with van der Waals surface area (Å²) in [6.45, 7) is 2.56. The second kappa shape index (κ2) is 7.21. The zero-order chi connectivity index (χ0) is 13.5. The molecule has 0 saturated heterocycles. The van der Waals surface area contributed by atoms with E-state index in [1.165, 1.54) is 0 Å². The number of rotatable bonds is 7. The summed E-state index contributed by atoms with van der Waals surface area (Å²) in [6, 6.07) is 3.53. The normalized spacial score (nSPS) is 11.8. The van der Waals surface area contributed by atoms with E-state index in [-0.39, 0.29) is 5.92 Å². The van der Waals surface area contributed by atoms with E-state index in [0.29, 0.717) is 35.5 Å². The average molecular weight is 275 g/mol. The van der Waals surface area contributed by atoms with Crippen molar-refractivity contribution in [3.8, 4) is 23.0 Å². The van der Waals surface area contributed by atoms with Crippen LogP contribution in [0.5, 0.6) is 23.0 Å². The van der Waals surface area contributed by atoms with Gasteiger partial charge in [-0.25, -0.2) is 0 Å². The Morgan fingerprint density at radius 2 is 1.61 bits per heavy atom. The summed E-state index contributed by atoms with van der Waals surface area (Å²) in [5.41, 5.74) is 0. The molecule has 0 radical (unpaired) electrons. The van der Waals surface area contributed by atoms with Crippen LogP contribution >= 0.6 is 11.6 Å². The van der Waals surface area contributed by atoms with Crippen LogP contribution in [0, 0.1) is 5.92 Å². The van der Waals surface area contributed by atoms with Gasteiger partial charge in [-0.2, -0.15) is 0 Å². The number of hydrogen-bond acceptors (Lipinski definition) is 4. The van der Waals surface area contributed by atoms with Gasteiger partial charge in [-0.05, 0) is 0 Å². The highest BCUT2D eigenvalue weighted by Gasteiger charge is 2.14. The molecule has 1 aromatic carbocycles. The number of hydrogen-bond donors (Lipinski definition) is 0. The molecule has 0 N–H and O–H groups in total. The van der Waals surface area contributed by atoms with Crippen molar-refractivity contribution in [2.75, 3.05) is 33.8 Å². The second-order valence-electron chi connectivity index (χ2n) is 3.93. The van der Waals surface area contributed by atoms with Gasteiger partial charge in [0.2, 0.25) is 5.75 Å². The lowest BCUT2D eigenvalue weighted by Crippen LogP contribution is -2.10. The fourth-order valence-electron chi connectivity index (χ4n) is 1.42. The van der Waals surface area contributed by atoms with Gasteiger partial charge in [-0.15, -0.1) is 11.6 Å². The van der Waals surface area contributed by atoms with Gasteiger partial charge >= 0.3 is 0 Å². The molecule has 0 spiro atoms. The lowest BCUT2D eigenvalue weighted by Gasteiger charge is -2.15. The molecule has 0 aliphatic rings. The van der Waals surface area contributed by atoms with Crippen molar-refractivity contribution < 1.29 is 18.9 Å². The van der Waals surface area contributed by atoms with Crippen molar-refractivity contribution in [3.63, 3.8) is 0 Å². The van der Waals surface area contributed by atoms with Crippen LogP contribution in [-0.4, -0.2) is 33.8 Å². The number of benzene rings is 1. The Hall–Kier alpha value is -1.29. The summed E-state index contributed by atoms with van der Waals surface area (Å²) >= 11 is 5.73. The van der Waals surface area contributed by atoms with Gasteiger partial charge in [-0.3, -0.25) is 0 Å². The fraction of sp³-hybridized carbons (Fsp3) is 0.538. The maximum Gasteiger partial charge on any atom is 0.203 e. The summed E-state index contributed by atoms with van der Waals surface area (Å²) < 4.78 is 21.4. The fourth-order valence-corrected chi connectivity index (χ4v) is 1.51. The average Bonchev–Trinajstić information content (AvgIpc) is 2.43. The van der Waals surface area contributed by atoms with E-state index in [2.05, 4.69) is 0 Å². The molecule has 102 valence electrons. The molecule has 0 bridgehead atoms. The molecule has 18 heavy (non-hydrogen) atoms. The molecular formula is C13H19ClO4. The van der Waals surface area contributed by atoms with Gasteiger partial charge in [0, 0.05) is 23.9 Å². The van der Waals surface area contributed by atoms with Crippen molar-refractivity contribution in [1.82, 2.24) is 0 Å². The molecule has 0 fully saturated rings. The maximum absolute atomic E-state index is 5.73. The van der Waals surface area contributed by atoms with E-state index in [1.807, 2.05) is 6.92 Å². The van der Waals surface area contributed by atoms with Gasteiger partial charge in [0.25, 0.3) is 0 Å². The molecule has 0 amide bonds. The molecule has 4 nitrogen and oxygen atoms in total. The standard InChI is InChI=1S/C13H19ClO4/c1-9(7-14)8-18-10-5-11(15-2)13(17-4)12(6-10)16-3/h5-6,9H,7-8H2,1-4H3. The van der Waals surface area contributed by atoms with Gasteiger partial charge in [0.05, 0.1) is 27.9 Å². The topological polar surface area (TPSA) is 36.9 Å². The van der Waals surface area contributed by atoms with Crippen LogP contribution in [0.15, 0.2) is 12.1 Å². The Balaban J connectivity index is 2.93. The van der Waals surface area contributed by atoms with Crippen molar-refractivity contribution in [1.29, 1.82) is 0 Å². The quantitative estimate of drug-likeness (QED) is 0.717. The van der Waals surface area contributed by atoms with Crippen molar-refractivity contribution in [3.05, 3.63) is 12.1 Å². The first kappa shape index (κ1) is 14.8. The predicted molar refractivity (Wildman–Crippen MR) is 71.5 cm³/mol. The molecule has 1 rings (SSSR count). The number of alkyl halides is 1. The third kappa shape index (κ3) is 3.60. The second-order valence-corrected chi connectivity index (χ2v) is 4.24. The van der Waals surface area contributed by atoms with Gasteiger partial charge < -0.3 is 18.9 Å². The van der Waals surface area contributed by atoms with Crippen LogP contribution in [-0.2, 0) is 0 Å². The third-order valence-electron chi connectivity index (χ3n) is 2.44. The summed E-state index contributed by atoms with van der Waals surface area (Å²) in [7, 11) is 4.71. The molecule has 5 heteroatoms. The van der Waals surface area contributed by atoms with E-state index in [4.69, 9.17) is 30.5 Å². The Kier molecular flexibility index (Phi) is 5.92. The third-order valence-corrected chi connectivity index (χ3v) is 2.96. The maximum atomic E-state index is 5.73. The molecule has 1 aromatic rings. The molecule has 0 aliphatic heterocycles. The molecule has 0 aliphatic carbocycles.